The van der Waals surface area contributed by atoms with Crippen LogP contribution in [-0.4, -0.2) is 49.6 Å². The molecule has 3 aromatic rings. The summed E-state index contributed by atoms with van der Waals surface area (Å²) in [6, 6.07) is 21.2. The van der Waals surface area contributed by atoms with Crippen molar-refractivity contribution in [2.75, 3.05) is 39.8 Å². The predicted octanol–water partition coefficient (Wildman–Crippen LogP) is 5.86. The lowest BCUT2D eigenvalue weighted by Gasteiger charge is -2.34. The third-order valence-corrected chi connectivity index (χ3v) is 6.35. The van der Waals surface area contributed by atoms with E-state index in [4.69, 9.17) is 4.74 Å². The van der Waals surface area contributed by atoms with Crippen molar-refractivity contribution in [3.63, 3.8) is 0 Å². The molecule has 0 aliphatic carbocycles. The second kappa shape index (κ2) is 11.0. The molecule has 1 aliphatic heterocycles. The van der Waals surface area contributed by atoms with Crippen molar-refractivity contribution in [2.45, 2.75) is 6.54 Å². The van der Waals surface area contributed by atoms with Gasteiger partial charge in [-0.05, 0) is 28.5 Å². The topological polar surface area (TPSA) is 15.7 Å². The van der Waals surface area contributed by atoms with Crippen LogP contribution >= 0.6 is 28.3 Å². The van der Waals surface area contributed by atoms with E-state index in [1.807, 2.05) is 6.07 Å². The van der Waals surface area contributed by atoms with Crippen molar-refractivity contribution in [1.82, 2.24) is 9.80 Å². The first kappa shape index (κ1) is 22.8. The van der Waals surface area contributed by atoms with Crippen LogP contribution in [0.15, 0.2) is 71.2 Å². The van der Waals surface area contributed by atoms with Crippen molar-refractivity contribution in [3.8, 4) is 5.75 Å². The number of halogens is 2. The molecule has 0 aromatic heterocycles. The predicted molar refractivity (Wildman–Crippen MR) is 133 cm³/mol. The average Bonchev–Trinajstić information content (AvgIpc) is 2.76. The Labute approximate surface area is 193 Å². The highest BCUT2D eigenvalue weighted by molar-refractivity contribution is 9.10. The summed E-state index contributed by atoms with van der Waals surface area (Å²) < 4.78 is 6.81. The molecule has 158 valence electrons. The molecule has 1 saturated heterocycles. The van der Waals surface area contributed by atoms with Gasteiger partial charge in [0.1, 0.15) is 5.75 Å². The molecule has 3 aromatic carbocycles. The molecule has 0 unspecified atom stereocenters. The lowest BCUT2D eigenvalue weighted by molar-refractivity contribution is 0.136. The van der Waals surface area contributed by atoms with Crippen molar-refractivity contribution in [3.05, 3.63) is 82.3 Å². The van der Waals surface area contributed by atoms with Gasteiger partial charge in [-0.15, -0.1) is 12.4 Å². The van der Waals surface area contributed by atoms with Gasteiger partial charge in [-0.2, -0.15) is 0 Å². The maximum atomic E-state index is 5.67. The summed E-state index contributed by atoms with van der Waals surface area (Å²) in [6.07, 6.45) is 4.47. The maximum Gasteiger partial charge on any atom is 0.123 e. The quantitative estimate of drug-likeness (QED) is 0.433. The van der Waals surface area contributed by atoms with E-state index < -0.39 is 0 Å². The molecule has 1 fully saturated rings. The van der Waals surface area contributed by atoms with Crippen LogP contribution in [0.1, 0.15) is 11.1 Å². The van der Waals surface area contributed by atoms with E-state index in [-0.39, 0.29) is 12.4 Å². The molecular formula is C25H28BrClN2O. The van der Waals surface area contributed by atoms with Crippen molar-refractivity contribution >= 4 is 45.2 Å². The van der Waals surface area contributed by atoms with E-state index in [2.05, 4.69) is 92.5 Å². The van der Waals surface area contributed by atoms with Crippen LogP contribution in [0.4, 0.5) is 0 Å². The van der Waals surface area contributed by atoms with Crippen molar-refractivity contribution < 1.29 is 4.74 Å². The van der Waals surface area contributed by atoms with Gasteiger partial charge < -0.3 is 4.74 Å². The summed E-state index contributed by atoms with van der Waals surface area (Å²) in [4.78, 5) is 5.06. The Morgan fingerprint density at radius 3 is 2.37 bits per heavy atom. The minimum absolute atomic E-state index is 0. The lowest BCUT2D eigenvalue weighted by Crippen LogP contribution is -2.45. The standard InChI is InChI=1S/C25H27BrN2O.ClH/c1-29-25-13-12-20-7-2-4-10-22(20)23(25)19-28-17-15-27(16-18-28)14-6-9-21-8-3-5-11-24(21)26;/h2-13H,14-19H2,1H3;1H/b9-6+;. The number of benzene rings is 3. The molecule has 0 N–H and O–H groups in total. The Bertz CT molecular complexity index is 999. The number of fused-ring (bicyclic) bond motifs is 1. The molecule has 0 bridgehead atoms. The lowest BCUT2D eigenvalue weighted by atomic mass is 10.0. The summed E-state index contributed by atoms with van der Waals surface area (Å²) >= 11 is 3.61. The third kappa shape index (κ3) is 5.44. The molecule has 1 aliphatic rings. The van der Waals surface area contributed by atoms with E-state index in [0.717, 1.165) is 49.5 Å². The largest absolute Gasteiger partial charge is 0.496 e. The minimum atomic E-state index is 0. The van der Waals surface area contributed by atoms with Crippen LogP contribution in [0.25, 0.3) is 16.8 Å². The van der Waals surface area contributed by atoms with Crippen LogP contribution in [-0.2, 0) is 6.54 Å². The maximum absolute atomic E-state index is 5.67. The minimum Gasteiger partial charge on any atom is -0.496 e. The molecule has 1 heterocycles. The first-order valence-electron chi connectivity index (χ1n) is 10.1. The van der Waals surface area contributed by atoms with Gasteiger partial charge in [0.25, 0.3) is 0 Å². The summed E-state index contributed by atoms with van der Waals surface area (Å²) in [5.41, 5.74) is 2.53. The van der Waals surface area contributed by atoms with Gasteiger partial charge in [-0.1, -0.05) is 76.6 Å². The molecule has 0 atom stereocenters. The van der Waals surface area contributed by atoms with E-state index in [9.17, 15) is 0 Å². The van der Waals surface area contributed by atoms with Crippen molar-refractivity contribution in [1.29, 1.82) is 0 Å². The number of ether oxygens (including phenoxy) is 1. The van der Waals surface area contributed by atoms with E-state index in [1.54, 1.807) is 7.11 Å². The van der Waals surface area contributed by atoms with E-state index >= 15 is 0 Å². The zero-order valence-electron chi connectivity index (χ0n) is 17.3. The normalized spacial score (nSPS) is 15.4. The molecule has 0 spiro atoms. The zero-order chi connectivity index (χ0) is 20.1. The van der Waals surface area contributed by atoms with Gasteiger partial charge in [0.05, 0.1) is 7.11 Å². The first-order valence-corrected chi connectivity index (χ1v) is 10.9. The first-order chi connectivity index (χ1) is 14.2. The van der Waals surface area contributed by atoms with Crippen LogP contribution in [0.5, 0.6) is 5.75 Å². The molecule has 3 nitrogen and oxygen atoms in total. The number of piperazine rings is 1. The van der Waals surface area contributed by atoms with Crippen molar-refractivity contribution in [2.24, 2.45) is 0 Å². The Balaban J connectivity index is 0.00000256. The number of hydrogen-bond donors (Lipinski definition) is 0. The Morgan fingerprint density at radius 2 is 1.60 bits per heavy atom. The number of methoxy groups -OCH3 is 1. The molecule has 5 heteroatoms. The molecule has 0 radical (unpaired) electrons. The van der Waals surface area contributed by atoms with E-state index in [1.165, 1.54) is 21.9 Å². The molecule has 4 rings (SSSR count). The molecule has 0 saturated carbocycles. The Kier molecular flexibility index (Phi) is 8.34. The van der Waals surface area contributed by atoms with Crippen LogP contribution in [0.3, 0.4) is 0 Å². The summed E-state index contributed by atoms with van der Waals surface area (Å²) in [7, 11) is 1.77. The summed E-state index contributed by atoms with van der Waals surface area (Å²) in [5.74, 6) is 0.988. The fourth-order valence-corrected chi connectivity index (χ4v) is 4.38. The van der Waals surface area contributed by atoms with E-state index in [0.29, 0.717) is 0 Å². The van der Waals surface area contributed by atoms with Crippen LogP contribution in [0, 0.1) is 0 Å². The van der Waals surface area contributed by atoms with Crippen LogP contribution in [0.2, 0.25) is 0 Å². The van der Waals surface area contributed by atoms with Crippen LogP contribution < -0.4 is 4.74 Å². The fraction of sp³-hybridized carbons (Fsp3) is 0.280. The highest BCUT2D eigenvalue weighted by atomic mass is 79.9. The smallest absolute Gasteiger partial charge is 0.123 e. The number of rotatable bonds is 6. The zero-order valence-corrected chi connectivity index (χ0v) is 19.7. The molecule has 30 heavy (non-hydrogen) atoms. The number of nitrogens with zero attached hydrogens (tertiary/aromatic N) is 2. The van der Waals surface area contributed by atoms with Gasteiger partial charge >= 0.3 is 0 Å². The highest BCUT2D eigenvalue weighted by Crippen LogP contribution is 2.29. The van der Waals surface area contributed by atoms with Gasteiger partial charge in [-0.25, -0.2) is 0 Å². The second-order valence-electron chi connectivity index (χ2n) is 7.47. The average molecular weight is 488 g/mol. The second-order valence-corrected chi connectivity index (χ2v) is 8.32. The molecule has 0 amide bonds. The van der Waals surface area contributed by atoms with Gasteiger partial charge in [-0.3, -0.25) is 9.80 Å². The Hall–Kier alpha value is -1.85. The van der Waals surface area contributed by atoms with Gasteiger partial charge in [0.15, 0.2) is 0 Å². The summed E-state index contributed by atoms with van der Waals surface area (Å²) in [5, 5.41) is 2.57. The SMILES string of the molecule is COc1ccc2ccccc2c1CN1CCN(C/C=C/c2ccccc2Br)CC1.Cl. The Morgan fingerprint density at radius 1 is 0.900 bits per heavy atom. The highest BCUT2D eigenvalue weighted by Gasteiger charge is 2.18. The number of hydrogen-bond acceptors (Lipinski definition) is 3. The monoisotopic (exact) mass is 486 g/mol. The summed E-state index contributed by atoms with van der Waals surface area (Å²) in [6.45, 7) is 6.27. The molecular weight excluding hydrogens is 460 g/mol. The third-order valence-electron chi connectivity index (χ3n) is 5.63. The fourth-order valence-electron chi connectivity index (χ4n) is 3.96. The van der Waals surface area contributed by atoms with Gasteiger partial charge in [0, 0.05) is 49.3 Å². The van der Waals surface area contributed by atoms with Gasteiger partial charge in [0.2, 0.25) is 0 Å².